The molecular weight excluding hydrogens is 276 g/mol. The van der Waals surface area contributed by atoms with Crippen molar-refractivity contribution in [3.8, 4) is 0 Å². The number of hydrogen-bond donors (Lipinski definition) is 3. The molecule has 0 radical (unpaired) electrons. The van der Waals surface area contributed by atoms with Crippen molar-refractivity contribution in [2.75, 3.05) is 11.9 Å². The van der Waals surface area contributed by atoms with Gasteiger partial charge in [0, 0.05) is 11.7 Å². The van der Waals surface area contributed by atoms with Gasteiger partial charge in [-0.15, -0.1) is 0 Å². The van der Waals surface area contributed by atoms with Gasteiger partial charge in [0.15, 0.2) is 5.96 Å². The quantitative estimate of drug-likeness (QED) is 0.590. The second kappa shape index (κ2) is 7.82. The average molecular weight is 302 g/mol. The summed E-state index contributed by atoms with van der Waals surface area (Å²) >= 11 is 0. The lowest BCUT2D eigenvalue weighted by molar-refractivity contribution is -0.120. The van der Waals surface area contributed by atoms with Gasteiger partial charge in [-0.1, -0.05) is 25.3 Å². The van der Waals surface area contributed by atoms with Crippen molar-refractivity contribution in [1.29, 1.82) is 0 Å². The second-order valence-corrected chi connectivity index (χ2v) is 6.03. The summed E-state index contributed by atoms with van der Waals surface area (Å²) in [5.74, 6) is 0.207. The minimum atomic E-state index is -0.0586. The van der Waals surface area contributed by atoms with Crippen LogP contribution in [0, 0.1) is 13.8 Å². The molecule has 0 atom stereocenters. The van der Waals surface area contributed by atoms with Crippen LogP contribution in [0.3, 0.4) is 0 Å². The van der Waals surface area contributed by atoms with Crippen LogP contribution in [0.4, 0.5) is 5.69 Å². The fourth-order valence-corrected chi connectivity index (χ4v) is 2.68. The number of benzene rings is 1. The molecule has 22 heavy (non-hydrogen) atoms. The van der Waals surface area contributed by atoms with Gasteiger partial charge in [-0.3, -0.25) is 4.79 Å². The van der Waals surface area contributed by atoms with Gasteiger partial charge in [0.05, 0.1) is 0 Å². The molecule has 5 nitrogen and oxygen atoms in total. The molecule has 0 unspecified atom stereocenters. The van der Waals surface area contributed by atoms with Gasteiger partial charge < -0.3 is 16.4 Å². The van der Waals surface area contributed by atoms with Crippen molar-refractivity contribution in [2.24, 2.45) is 10.7 Å². The van der Waals surface area contributed by atoms with Crippen LogP contribution in [-0.4, -0.2) is 24.5 Å². The number of rotatable bonds is 4. The van der Waals surface area contributed by atoms with E-state index in [1.165, 1.54) is 30.4 Å². The van der Waals surface area contributed by atoms with Gasteiger partial charge in [-0.2, -0.15) is 0 Å². The highest BCUT2D eigenvalue weighted by molar-refractivity contribution is 5.94. The maximum Gasteiger partial charge on any atom is 0.242 e. The summed E-state index contributed by atoms with van der Waals surface area (Å²) in [6, 6.07) is 6.30. The fourth-order valence-electron chi connectivity index (χ4n) is 2.68. The summed E-state index contributed by atoms with van der Waals surface area (Å²) in [6.45, 7) is 4.18. The highest BCUT2D eigenvalue weighted by Gasteiger charge is 2.15. The van der Waals surface area contributed by atoms with Crippen LogP contribution in [-0.2, 0) is 4.79 Å². The Labute approximate surface area is 132 Å². The monoisotopic (exact) mass is 302 g/mol. The van der Waals surface area contributed by atoms with Crippen molar-refractivity contribution < 1.29 is 4.79 Å². The van der Waals surface area contributed by atoms with Crippen LogP contribution in [0.5, 0.6) is 0 Å². The first-order chi connectivity index (χ1) is 10.5. The number of nitrogens with two attached hydrogens (primary N) is 1. The van der Waals surface area contributed by atoms with E-state index < -0.39 is 0 Å². The normalized spacial score (nSPS) is 16.4. The van der Waals surface area contributed by atoms with E-state index in [4.69, 9.17) is 5.73 Å². The van der Waals surface area contributed by atoms with Crippen molar-refractivity contribution in [3.63, 3.8) is 0 Å². The zero-order valence-electron chi connectivity index (χ0n) is 13.5. The number of aliphatic imine (C=N–C) groups is 1. The molecule has 1 amide bonds. The lowest BCUT2D eigenvalue weighted by Gasteiger charge is -2.22. The minimum absolute atomic E-state index is 0.0586. The Kier molecular flexibility index (Phi) is 5.81. The molecule has 1 fully saturated rings. The first-order valence-corrected chi connectivity index (χ1v) is 7.98. The van der Waals surface area contributed by atoms with E-state index in [0.29, 0.717) is 6.04 Å². The van der Waals surface area contributed by atoms with Crippen LogP contribution in [0.25, 0.3) is 0 Å². The third kappa shape index (κ3) is 5.06. The lowest BCUT2D eigenvalue weighted by Crippen LogP contribution is -2.38. The second-order valence-electron chi connectivity index (χ2n) is 6.03. The molecule has 1 aromatic carbocycles. The summed E-state index contributed by atoms with van der Waals surface area (Å²) in [4.78, 5) is 16.0. The summed E-state index contributed by atoms with van der Waals surface area (Å²) in [5.41, 5.74) is 9.14. The molecule has 2 rings (SSSR count). The molecule has 1 saturated carbocycles. The molecular formula is C17H26N4O. The van der Waals surface area contributed by atoms with E-state index in [2.05, 4.69) is 22.5 Å². The predicted octanol–water partition coefficient (Wildman–Crippen LogP) is 2.48. The Hall–Kier alpha value is -2.04. The highest BCUT2D eigenvalue weighted by Crippen LogP contribution is 2.17. The Morgan fingerprint density at radius 3 is 2.64 bits per heavy atom. The van der Waals surface area contributed by atoms with Gasteiger partial charge in [-0.25, -0.2) is 4.99 Å². The van der Waals surface area contributed by atoms with Crippen LogP contribution in [0.1, 0.15) is 43.2 Å². The molecule has 1 aliphatic rings. The summed E-state index contributed by atoms with van der Waals surface area (Å²) in [5, 5.41) is 6.04. The van der Waals surface area contributed by atoms with Gasteiger partial charge in [0.2, 0.25) is 5.91 Å². The first kappa shape index (κ1) is 16.3. The minimum Gasteiger partial charge on any atom is -0.370 e. The van der Waals surface area contributed by atoms with Gasteiger partial charge in [0.25, 0.3) is 0 Å². The highest BCUT2D eigenvalue weighted by atomic mass is 16.1. The number of carbonyl (C=O) groups excluding carboxylic acids is 1. The number of anilines is 1. The number of carbonyl (C=O) groups is 1. The number of aryl methyl sites for hydroxylation is 2. The smallest absolute Gasteiger partial charge is 0.242 e. The van der Waals surface area contributed by atoms with E-state index in [-0.39, 0.29) is 18.4 Å². The molecule has 1 aromatic rings. The van der Waals surface area contributed by atoms with E-state index in [1.54, 1.807) is 0 Å². The maximum atomic E-state index is 11.9. The molecule has 4 N–H and O–H groups in total. The summed E-state index contributed by atoms with van der Waals surface area (Å²) in [7, 11) is 0. The van der Waals surface area contributed by atoms with Crippen molar-refractivity contribution in [1.82, 2.24) is 5.32 Å². The molecule has 120 valence electrons. The Morgan fingerprint density at radius 1 is 1.23 bits per heavy atom. The average Bonchev–Trinajstić information content (AvgIpc) is 2.50. The van der Waals surface area contributed by atoms with Crippen LogP contribution < -0.4 is 16.4 Å². The van der Waals surface area contributed by atoms with Gasteiger partial charge in [0.1, 0.15) is 6.54 Å². The van der Waals surface area contributed by atoms with E-state index in [0.717, 1.165) is 18.5 Å². The van der Waals surface area contributed by atoms with Crippen molar-refractivity contribution in [2.45, 2.75) is 52.0 Å². The Morgan fingerprint density at radius 2 is 1.95 bits per heavy atom. The van der Waals surface area contributed by atoms with Crippen LogP contribution in [0.15, 0.2) is 23.2 Å². The van der Waals surface area contributed by atoms with Gasteiger partial charge >= 0.3 is 0 Å². The SMILES string of the molecule is Cc1ccc(NC(N)=NCC(=O)NC2CCCCC2)cc1C. The molecule has 1 aliphatic carbocycles. The zero-order chi connectivity index (χ0) is 15.9. The number of amides is 1. The van der Waals surface area contributed by atoms with Gasteiger partial charge in [-0.05, 0) is 49.9 Å². The largest absolute Gasteiger partial charge is 0.370 e. The van der Waals surface area contributed by atoms with Crippen LogP contribution in [0.2, 0.25) is 0 Å². The van der Waals surface area contributed by atoms with Crippen molar-refractivity contribution >= 4 is 17.6 Å². The zero-order valence-corrected chi connectivity index (χ0v) is 13.5. The molecule has 0 heterocycles. The topological polar surface area (TPSA) is 79.5 Å². The summed E-state index contributed by atoms with van der Waals surface area (Å²) < 4.78 is 0. The fraction of sp³-hybridized carbons (Fsp3) is 0.529. The number of hydrogen-bond acceptors (Lipinski definition) is 2. The summed E-state index contributed by atoms with van der Waals surface area (Å²) in [6.07, 6.45) is 5.82. The maximum absolute atomic E-state index is 11.9. The number of nitrogens with one attached hydrogen (secondary N) is 2. The third-order valence-corrected chi connectivity index (χ3v) is 4.14. The van der Waals surface area contributed by atoms with E-state index in [1.807, 2.05) is 25.1 Å². The number of nitrogens with zero attached hydrogens (tertiary/aromatic N) is 1. The van der Waals surface area contributed by atoms with E-state index in [9.17, 15) is 4.79 Å². The van der Waals surface area contributed by atoms with E-state index >= 15 is 0 Å². The number of guanidine groups is 1. The third-order valence-electron chi connectivity index (χ3n) is 4.14. The Bertz CT molecular complexity index is 548. The molecule has 0 bridgehead atoms. The molecule has 5 heteroatoms. The Balaban J connectivity index is 1.81. The van der Waals surface area contributed by atoms with Crippen molar-refractivity contribution in [3.05, 3.63) is 29.3 Å². The first-order valence-electron chi connectivity index (χ1n) is 7.98. The standard InChI is InChI=1S/C17H26N4O/c1-12-8-9-15(10-13(12)2)21-17(18)19-11-16(22)20-14-6-4-3-5-7-14/h8-10,14H,3-7,11H2,1-2H3,(H,20,22)(H3,18,19,21). The predicted molar refractivity (Wildman–Crippen MR) is 91.0 cm³/mol. The molecule has 0 aromatic heterocycles. The lowest BCUT2D eigenvalue weighted by atomic mass is 9.95. The van der Waals surface area contributed by atoms with Crippen LogP contribution >= 0.6 is 0 Å². The molecule has 0 saturated heterocycles. The molecule has 0 spiro atoms. The molecule has 0 aliphatic heterocycles.